The van der Waals surface area contributed by atoms with Crippen LogP contribution in [-0.2, 0) is 0 Å². The molecule has 3 rings (SSSR count). The summed E-state index contributed by atoms with van der Waals surface area (Å²) in [6.07, 6.45) is 0. The van der Waals surface area contributed by atoms with Crippen molar-refractivity contribution in [3.05, 3.63) is 71.3 Å². The van der Waals surface area contributed by atoms with Gasteiger partial charge in [0.25, 0.3) is 5.91 Å². The lowest BCUT2D eigenvalue weighted by atomic mass is 10.1. The third kappa shape index (κ3) is 4.61. The van der Waals surface area contributed by atoms with E-state index >= 15 is 0 Å². The smallest absolute Gasteiger partial charge is 0.256 e. The fourth-order valence-electron chi connectivity index (χ4n) is 2.53. The number of rotatable bonds is 5. The van der Waals surface area contributed by atoms with E-state index < -0.39 is 0 Å². The van der Waals surface area contributed by atoms with Crippen molar-refractivity contribution < 1.29 is 4.79 Å². The van der Waals surface area contributed by atoms with Gasteiger partial charge in [-0.3, -0.25) is 4.79 Å². The van der Waals surface area contributed by atoms with Gasteiger partial charge in [0.1, 0.15) is 0 Å². The Hall–Kier alpha value is -3.41. The van der Waals surface area contributed by atoms with Gasteiger partial charge >= 0.3 is 0 Å². The van der Waals surface area contributed by atoms with Crippen molar-refractivity contribution >= 4 is 28.9 Å². The predicted octanol–water partition coefficient (Wildman–Crippen LogP) is 4.16. The summed E-state index contributed by atoms with van der Waals surface area (Å²) in [5, 5.41) is 14.2. The average Bonchev–Trinajstić information content (AvgIpc) is 2.66. The van der Waals surface area contributed by atoms with Crippen molar-refractivity contribution in [3.8, 4) is 0 Å². The van der Waals surface area contributed by atoms with E-state index in [0.717, 1.165) is 22.5 Å². The molecule has 2 aromatic carbocycles. The van der Waals surface area contributed by atoms with Gasteiger partial charge in [-0.25, -0.2) is 0 Å². The highest BCUT2D eigenvalue weighted by atomic mass is 16.1. The van der Waals surface area contributed by atoms with Crippen LogP contribution in [0.3, 0.4) is 0 Å². The molecule has 0 radical (unpaired) electrons. The standard InChI is InChI=1S/C21H23N5O/c1-14-5-6-16(13-15(14)2)21(27)23-20-12-11-19(24-25-20)22-17-7-9-18(10-8-17)26(3)4/h5-13H,1-4H3,(H,22,24)(H,23,25,27). The van der Waals surface area contributed by atoms with Crippen molar-refractivity contribution in [2.75, 3.05) is 29.6 Å². The molecule has 0 spiro atoms. The summed E-state index contributed by atoms with van der Waals surface area (Å²) in [5.74, 6) is 0.816. The summed E-state index contributed by atoms with van der Waals surface area (Å²) in [5.41, 5.74) is 4.87. The molecular weight excluding hydrogens is 338 g/mol. The fraction of sp³-hybridized carbons (Fsp3) is 0.190. The fourth-order valence-corrected chi connectivity index (χ4v) is 2.53. The van der Waals surface area contributed by atoms with Crippen molar-refractivity contribution in [2.45, 2.75) is 13.8 Å². The minimum Gasteiger partial charge on any atom is -0.378 e. The molecule has 1 amide bonds. The van der Waals surface area contributed by atoms with Gasteiger partial charge in [-0.05, 0) is 73.5 Å². The summed E-state index contributed by atoms with van der Waals surface area (Å²) in [7, 11) is 4.00. The molecule has 0 bridgehead atoms. The van der Waals surface area contributed by atoms with Gasteiger partial charge in [0, 0.05) is 31.0 Å². The number of hydrogen-bond acceptors (Lipinski definition) is 5. The van der Waals surface area contributed by atoms with E-state index in [-0.39, 0.29) is 5.91 Å². The first kappa shape index (κ1) is 18.4. The summed E-state index contributed by atoms with van der Waals surface area (Å²) in [4.78, 5) is 14.4. The SMILES string of the molecule is Cc1ccc(C(=O)Nc2ccc(Nc3ccc(N(C)C)cc3)nn2)cc1C. The Balaban J connectivity index is 1.64. The normalized spacial score (nSPS) is 10.4. The zero-order valence-corrected chi connectivity index (χ0v) is 15.9. The molecule has 27 heavy (non-hydrogen) atoms. The Morgan fingerprint density at radius 2 is 1.52 bits per heavy atom. The largest absolute Gasteiger partial charge is 0.378 e. The Bertz CT molecular complexity index is 934. The molecule has 0 atom stereocenters. The average molecular weight is 361 g/mol. The molecular formula is C21H23N5O. The number of aromatic nitrogens is 2. The zero-order valence-electron chi connectivity index (χ0n) is 15.9. The highest BCUT2D eigenvalue weighted by molar-refractivity contribution is 6.03. The molecule has 2 N–H and O–H groups in total. The number of hydrogen-bond donors (Lipinski definition) is 2. The zero-order chi connectivity index (χ0) is 19.4. The van der Waals surface area contributed by atoms with Crippen LogP contribution in [0.4, 0.5) is 23.0 Å². The minimum atomic E-state index is -0.201. The van der Waals surface area contributed by atoms with Gasteiger partial charge in [-0.1, -0.05) is 6.07 Å². The van der Waals surface area contributed by atoms with Crippen LogP contribution >= 0.6 is 0 Å². The van der Waals surface area contributed by atoms with Gasteiger partial charge in [-0.15, -0.1) is 10.2 Å². The predicted molar refractivity (Wildman–Crippen MR) is 110 cm³/mol. The highest BCUT2D eigenvalue weighted by Crippen LogP contribution is 2.19. The van der Waals surface area contributed by atoms with Crippen LogP contribution in [0.25, 0.3) is 0 Å². The van der Waals surface area contributed by atoms with E-state index in [0.29, 0.717) is 17.2 Å². The molecule has 6 heteroatoms. The van der Waals surface area contributed by atoms with Crippen LogP contribution in [0.2, 0.25) is 0 Å². The summed E-state index contributed by atoms with van der Waals surface area (Å²) in [6, 6.07) is 17.1. The molecule has 0 fully saturated rings. The molecule has 1 aromatic heterocycles. The maximum atomic E-state index is 12.3. The number of nitrogens with one attached hydrogen (secondary N) is 2. The highest BCUT2D eigenvalue weighted by Gasteiger charge is 2.08. The molecule has 0 saturated heterocycles. The summed E-state index contributed by atoms with van der Waals surface area (Å²) < 4.78 is 0. The Morgan fingerprint density at radius 1 is 0.852 bits per heavy atom. The molecule has 6 nitrogen and oxygen atoms in total. The second kappa shape index (κ2) is 7.86. The molecule has 0 saturated carbocycles. The molecule has 138 valence electrons. The second-order valence-corrected chi connectivity index (χ2v) is 6.62. The van der Waals surface area contributed by atoms with E-state index in [1.807, 2.05) is 69.2 Å². The lowest BCUT2D eigenvalue weighted by Gasteiger charge is -2.13. The lowest BCUT2D eigenvalue weighted by molar-refractivity contribution is 0.102. The van der Waals surface area contributed by atoms with Crippen molar-refractivity contribution in [2.24, 2.45) is 0 Å². The Labute approximate surface area is 159 Å². The van der Waals surface area contributed by atoms with Crippen molar-refractivity contribution in [3.63, 3.8) is 0 Å². The first-order valence-electron chi connectivity index (χ1n) is 8.69. The van der Waals surface area contributed by atoms with Crippen LogP contribution in [0.15, 0.2) is 54.6 Å². The first-order chi connectivity index (χ1) is 12.9. The monoisotopic (exact) mass is 361 g/mol. The third-order valence-electron chi connectivity index (χ3n) is 4.33. The van der Waals surface area contributed by atoms with E-state index in [1.165, 1.54) is 0 Å². The van der Waals surface area contributed by atoms with Gasteiger partial charge in [0.2, 0.25) is 0 Å². The molecule has 3 aromatic rings. The van der Waals surface area contributed by atoms with Crippen LogP contribution in [-0.4, -0.2) is 30.2 Å². The van der Waals surface area contributed by atoms with Crippen LogP contribution in [0, 0.1) is 13.8 Å². The van der Waals surface area contributed by atoms with E-state index in [4.69, 9.17) is 0 Å². The summed E-state index contributed by atoms with van der Waals surface area (Å²) in [6.45, 7) is 4.00. The van der Waals surface area contributed by atoms with Crippen molar-refractivity contribution in [1.29, 1.82) is 0 Å². The van der Waals surface area contributed by atoms with E-state index in [1.54, 1.807) is 18.2 Å². The van der Waals surface area contributed by atoms with Crippen LogP contribution in [0.1, 0.15) is 21.5 Å². The maximum absolute atomic E-state index is 12.3. The number of carbonyl (C=O) groups is 1. The number of carbonyl (C=O) groups excluding carboxylic acids is 1. The lowest BCUT2D eigenvalue weighted by Crippen LogP contribution is -2.13. The van der Waals surface area contributed by atoms with Gasteiger partial charge < -0.3 is 15.5 Å². The summed E-state index contributed by atoms with van der Waals surface area (Å²) >= 11 is 0. The van der Waals surface area contributed by atoms with E-state index in [9.17, 15) is 4.79 Å². The maximum Gasteiger partial charge on any atom is 0.256 e. The van der Waals surface area contributed by atoms with Gasteiger partial charge in [-0.2, -0.15) is 0 Å². The Kier molecular flexibility index (Phi) is 5.35. The topological polar surface area (TPSA) is 70.2 Å². The molecule has 0 aliphatic heterocycles. The van der Waals surface area contributed by atoms with Gasteiger partial charge in [0.05, 0.1) is 0 Å². The number of nitrogens with zero attached hydrogens (tertiary/aromatic N) is 3. The molecule has 0 unspecified atom stereocenters. The van der Waals surface area contributed by atoms with E-state index in [2.05, 4.69) is 20.8 Å². The molecule has 1 heterocycles. The third-order valence-corrected chi connectivity index (χ3v) is 4.33. The quantitative estimate of drug-likeness (QED) is 0.714. The first-order valence-corrected chi connectivity index (χ1v) is 8.69. The van der Waals surface area contributed by atoms with Crippen LogP contribution < -0.4 is 15.5 Å². The van der Waals surface area contributed by atoms with Crippen LogP contribution in [0.5, 0.6) is 0 Å². The second-order valence-electron chi connectivity index (χ2n) is 6.62. The van der Waals surface area contributed by atoms with Gasteiger partial charge in [0.15, 0.2) is 11.6 Å². The van der Waals surface area contributed by atoms with Crippen molar-refractivity contribution in [1.82, 2.24) is 10.2 Å². The molecule has 0 aliphatic rings. The number of aryl methyl sites for hydroxylation is 2. The Morgan fingerprint density at radius 3 is 2.11 bits per heavy atom. The number of benzene rings is 2. The number of amides is 1. The molecule has 0 aliphatic carbocycles. The number of anilines is 4. The minimum absolute atomic E-state index is 0.201.